The predicted octanol–water partition coefficient (Wildman–Crippen LogP) is 2.64. The van der Waals surface area contributed by atoms with Crippen molar-refractivity contribution in [2.24, 2.45) is 0 Å². The summed E-state index contributed by atoms with van der Waals surface area (Å²) in [5, 5.41) is 0. The summed E-state index contributed by atoms with van der Waals surface area (Å²) in [7, 11) is 4.22. The first kappa shape index (κ1) is 9.54. The first-order chi connectivity index (χ1) is 4.63. The summed E-state index contributed by atoms with van der Waals surface area (Å²) in [6, 6.07) is 0. The molecule has 0 radical (unpaired) electrons. The molecule has 60 valence electrons. The van der Waals surface area contributed by atoms with Gasteiger partial charge in [-0.3, -0.25) is 0 Å². The maximum Gasteiger partial charge on any atom is 0.0114 e. The molecule has 10 heavy (non-hydrogen) atoms. The van der Waals surface area contributed by atoms with Crippen LogP contribution in [0.4, 0.5) is 0 Å². The Hall–Kier alpha value is -0.460. The van der Waals surface area contributed by atoms with Gasteiger partial charge in [0.2, 0.25) is 0 Å². The van der Waals surface area contributed by atoms with Crippen molar-refractivity contribution >= 4 is 0 Å². The molecule has 0 aromatic rings. The zero-order valence-electron chi connectivity index (χ0n) is 7.86. The first-order valence-corrected chi connectivity index (χ1v) is 3.99. The number of hydrogen-bond donors (Lipinski definition) is 0. The monoisotopic (exact) mass is 141 g/mol. The molecule has 0 aliphatic rings. The average molecular weight is 141 g/mol. The Bertz CT molecular complexity index is 123. The lowest BCUT2D eigenvalue weighted by atomic mass is 10.1. The van der Waals surface area contributed by atoms with Gasteiger partial charge in [0.15, 0.2) is 0 Å². The zero-order valence-corrected chi connectivity index (χ0v) is 7.86. The van der Waals surface area contributed by atoms with Crippen molar-refractivity contribution in [3.63, 3.8) is 0 Å². The number of nitrogens with zero attached hydrogens (tertiary/aromatic N) is 1. The summed E-state index contributed by atoms with van der Waals surface area (Å²) in [6.45, 7) is 6.61. The van der Waals surface area contributed by atoms with Gasteiger partial charge >= 0.3 is 0 Å². The Labute approximate surface area is 64.7 Å². The molecule has 0 fully saturated rings. The van der Waals surface area contributed by atoms with E-state index in [9.17, 15) is 0 Å². The number of rotatable bonds is 3. The zero-order chi connectivity index (χ0) is 8.15. The van der Waals surface area contributed by atoms with Gasteiger partial charge in [-0.1, -0.05) is 19.4 Å². The van der Waals surface area contributed by atoms with Gasteiger partial charge < -0.3 is 4.90 Å². The molecule has 0 aromatic carbocycles. The lowest BCUT2D eigenvalue weighted by Gasteiger charge is -2.18. The molecular weight excluding hydrogens is 122 g/mol. The van der Waals surface area contributed by atoms with Crippen LogP contribution in [0.2, 0.25) is 0 Å². The maximum atomic E-state index is 2.21. The molecule has 0 unspecified atom stereocenters. The van der Waals surface area contributed by atoms with Crippen LogP contribution in [0, 0.1) is 0 Å². The van der Waals surface area contributed by atoms with E-state index in [1.165, 1.54) is 17.7 Å². The Morgan fingerprint density at radius 3 is 1.70 bits per heavy atom. The van der Waals surface area contributed by atoms with Crippen LogP contribution in [-0.4, -0.2) is 19.0 Å². The molecule has 0 spiro atoms. The van der Waals surface area contributed by atoms with Crippen molar-refractivity contribution in [3.8, 4) is 0 Å². The SMILES string of the molecule is CC/C(C)=C(\CC)N(C)C. The minimum Gasteiger partial charge on any atom is -0.381 e. The third-order valence-electron chi connectivity index (χ3n) is 1.90. The summed E-state index contributed by atoms with van der Waals surface area (Å²) in [4.78, 5) is 2.21. The van der Waals surface area contributed by atoms with Crippen molar-refractivity contribution in [1.29, 1.82) is 0 Å². The van der Waals surface area contributed by atoms with Gasteiger partial charge in [-0.05, 0) is 19.8 Å². The van der Waals surface area contributed by atoms with Gasteiger partial charge in [0.1, 0.15) is 0 Å². The van der Waals surface area contributed by atoms with Gasteiger partial charge in [0, 0.05) is 19.8 Å². The van der Waals surface area contributed by atoms with Crippen LogP contribution in [0.1, 0.15) is 33.6 Å². The highest BCUT2D eigenvalue weighted by atomic mass is 15.1. The molecule has 0 rings (SSSR count). The van der Waals surface area contributed by atoms with Crippen molar-refractivity contribution in [1.82, 2.24) is 4.90 Å². The van der Waals surface area contributed by atoms with Gasteiger partial charge in [0.25, 0.3) is 0 Å². The fourth-order valence-electron chi connectivity index (χ4n) is 1.20. The third kappa shape index (κ3) is 2.42. The second-order valence-corrected chi connectivity index (χ2v) is 2.83. The van der Waals surface area contributed by atoms with Crippen LogP contribution in [0.3, 0.4) is 0 Å². The third-order valence-corrected chi connectivity index (χ3v) is 1.90. The van der Waals surface area contributed by atoms with Crippen LogP contribution in [0.5, 0.6) is 0 Å². The van der Waals surface area contributed by atoms with E-state index in [0.29, 0.717) is 0 Å². The molecule has 0 aromatic heterocycles. The van der Waals surface area contributed by atoms with Crippen molar-refractivity contribution in [3.05, 3.63) is 11.3 Å². The summed E-state index contributed by atoms with van der Waals surface area (Å²) < 4.78 is 0. The smallest absolute Gasteiger partial charge is 0.0114 e. The van der Waals surface area contributed by atoms with E-state index in [0.717, 1.165) is 6.42 Å². The summed E-state index contributed by atoms with van der Waals surface area (Å²) >= 11 is 0. The van der Waals surface area contributed by atoms with E-state index in [1.807, 2.05) is 0 Å². The summed E-state index contributed by atoms with van der Waals surface area (Å²) in [5.74, 6) is 0. The standard InChI is InChI=1S/C9H19N/c1-6-8(3)9(7-2)10(4)5/h6-7H2,1-5H3/b9-8+. The van der Waals surface area contributed by atoms with E-state index in [2.05, 4.69) is 39.8 Å². The van der Waals surface area contributed by atoms with Crippen LogP contribution < -0.4 is 0 Å². The van der Waals surface area contributed by atoms with Gasteiger partial charge in [-0.15, -0.1) is 0 Å². The van der Waals surface area contributed by atoms with E-state index in [1.54, 1.807) is 0 Å². The molecule has 1 heteroatoms. The predicted molar refractivity (Wildman–Crippen MR) is 47.0 cm³/mol. The van der Waals surface area contributed by atoms with Crippen molar-refractivity contribution < 1.29 is 0 Å². The average Bonchev–Trinajstić information content (AvgIpc) is 1.88. The second kappa shape index (κ2) is 4.37. The second-order valence-electron chi connectivity index (χ2n) is 2.83. The number of hydrogen-bond acceptors (Lipinski definition) is 1. The molecule has 0 saturated carbocycles. The van der Waals surface area contributed by atoms with Crippen LogP contribution in [-0.2, 0) is 0 Å². The maximum absolute atomic E-state index is 2.21. The van der Waals surface area contributed by atoms with Crippen LogP contribution in [0.15, 0.2) is 11.3 Å². The van der Waals surface area contributed by atoms with Crippen molar-refractivity contribution in [2.45, 2.75) is 33.6 Å². The van der Waals surface area contributed by atoms with Crippen molar-refractivity contribution in [2.75, 3.05) is 14.1 Å². The minimum absolute atomic E-state index is 1.15. The normalized spacial score (nSPS) is 12.9. The summed E-state index contributed by atoms with van der Waals surface area (Å²) in [6.07, 6.45) is 2.31. The minimum atomic E-state index is 1.15. The molecule has 0 saturated heterocycles. The Morgan fingerprint density at radius 2 is 1.60 bits per heavy atom. The van der Waals surface area contributed by atoms with Gasteiger partial charge in [-0.25, -0.2) is 0 Å². The molecule has 0 atom stereocenters. The van der Waals surface area contributed by atoms with Gasteiger partial charge in [0.05, 0.1) is 0 Å². The molecule has 0 aliphatic heterocycles. The Kier molecular flexibility index (Phi) is 4.17. The van der Waals surface area contributed by atoms with Gasteiger partial charge in [-0.2, -0.15) is 0 Å². The Balaban J connectivity index is 4.29. The molecular formula is C9H19N. The topological polar surface area (TPSA) is 3.24 Å². The molecule has 0 N–H and O–H groups in total. The molecule has 0 bridgehead atoms. The first-order valence-electron chi connectivity index (χ1n) is 3.99. The molecule has 0 amide bonds. The lowest BCUT2D eigenvalue weighted by Crippen LogP contribution is -2.11. The Morgan fingerprint density at radius 1 is 1.10 bits per heavy atom. The van der Waals surface area contributed by atoms with E-state index in [4.69, 9.17) is 0 Å². The van der Waals surface area contributed by atoms with Crippen LogP contribution >= 0.6 is 0 Å². The lowest BCUT2D eigenvalue weighted by molar-refractivity contribution is 0.484. The molecule has 0 aliphatic carbocycles. The molecule has 1 nitrogen and oxygen atoms in total. The van der Waals surface area contributed by atoms with E-state index < -0.39 is 0 Å². The largest absolute Gasteiger partial charge is 0.381 e. The quantitative estimate of drug-likeness (QED) is 0.584. The van der Waals surface area contributed by atoms with Crippen LogP contribution in [0.25, 0.3) is 0 Å². The highest BCUT2D eigenvalue weighted by molar-refractivity contribution is 5.08. The highest BCUT2D eigenvalue weighted by Crippen LogP contribution is 2.12. The van der Waals surface area contributed by atoms with E-state index >= 15 is 0 Å². The fourth-order valence-corrected chi connectivity index (χ4v) is 1.20. The molecule has 0 heterocycles. The van der Waals surface area contributed by atoms with E-state index in [-0.39, 0.29) is 0 Å². The number of allylic oxidation sites excluding steroid dienone is 2. The summed E-state index contributed by atoms with van der Waals surface area (Å²) in [5.41, 5.74) is 2.98. The fraction of sp³-hybridized carbons (Fsp3) is 0.778. The highest BCUT2D eigenvalue weighted by Gasteiger charge is 1.99.